The van der Waals surface area contributed by atoms with E-state index in [1.807, 2.05) is 36.4 Å². The van der Waals surface area contributed by atoms with Gasteiger partial charge in [-0.15, -0.1) is 0 Å². The molecule has 1 fully saturated rings. The first kappa shape index (κ1) is 19.1. The van der Waals surface area contributed by atoms with Gasteiger partial charge in [-0.05, 0) is 35.4 Å². The molecule has 0 aromatic heterocycles. The Balaban J connectivity index is 1.54. The molecule has 0 radical (unpaired) electrons. The number of hydrogen-bond donors (Lipinski definition) is 1. The van der Waals surface area contributed by atoms with Crippen molar-refractivity contribution in [3.63, 3.8) is 0 Å². The quantitative estimate of drug-likeness (QED) is 0.792. The molecule has 2 aromatic rings. The Morgan fingerprint density at radius 2 is 1.52 bits per heavy atom. The summed E-state index contributed by atoms with van der Waals surface area (Å²) in [6.45, 7) is 4.81. The van der Waals surface area contributed by atoms with Crippen molar-refractivity contribution in [1.29, 1.82) is 0 Å². The summed E-state index contributed by atoms with van der Waals surface area (Å²) in [6.07, 6.45) is 0. The Kier molecular flexibility index (Phi) is 6.57. The monoisotopic (exact) mass is 368 g/mol. The minimum atomic E-state index is -0.356. The standard InChI is InChI=1S/C21H24N2O4/c1-26-21(25)19-8-4-17(5-9-19)16-2-6-18(7-3-16)20(24)22-10-11-23-12-14-27-15-13-23/h2-9H,10-15H2,1H3,(H,22,24). The summed E-state index contributed by atoms with van der Waals surface area (Å²) < 4.78 is 10.0. The van der Waals surface area contributed by atoms with Crippen LogP contribution in [0.1, 0.15) is 20.7 Å². The summed E-state index contributed by atoms with van der Waals surface area (Å²) in [6, 6.07) is 14.6. The van der Waals surface area contributed by atoms with Gasteiger partial charge in [0.2, 0.25) is 0 Å². The number of carbonyl (C=O) groups excluding carboxylic acids is 2. The number of methoxy groups -OCH3 is 1. The number of morpholine rings is 1. The van der Waals surface area contributed by atoms with E-state index in [9.17, 15) is 9.59 Å². The van der Waals surface area contributed by atoms with Crippen LogP contribution in [0.25, 0.3) is 11.1 Å². The third kappa shape index (κ3) is 5.15. The topological polar surface area (TPSA) is 67.9 Å². The van der Waals surface area contributed by atoms with Crippen LogP contribution < -0.4 is 5.32 Å². The maximum Gasteiger partial charge on any atom is 0.337 e. The molecule has 6 heteroatoms. The van der Waals surface area contributed by atoms with Gasteiger partial charge in [-0.25, -0.2) is 4.79 Å². The summed E-state index contributed by atoms with van der Waals surface area (Å²) in [4.78, 5) is 26.1. The minimum Gasteiger partial charge on any atom is -0.465 e. The summed E-state index contributed by atoms with van der Waals surface area (Å²) >= 11 is 0. The highest BCUT2D eigenvalue weighted by Crippen LogP contribution is 2.20. The molecular weight excluding hydrogens is 344 g/mol. The molecule has 1 amide bonds. The molecule has 0 spiro atoms. The molecule has 1 aliphatic heterocycles. The van der Waals surface area contributed by atoms with Crippen LogP contribution in [0.3, 0.4) is 0 Å². The van der Waals surface area contributed by atoms with Gasteiger partial charge >= 0.3 is 5.97 Å². The number of esters is 1. The van der Waals surface area contributed by atoms with Crippen molar-refractivity contribution in [3.8, 4) is 11.1 Å². The maximum absolute atomic E-state index is 12.3. The van der Waals surface area contributed by atoms with Crippen molar-refractivity contribution >= 4 is 11.9 Å². The van der Waals surface area contributed by atoms with Crippen LogP contribution in [-0.4, -0.2) is 63.3 Å². The lowest BCUT2D eigenvalue weighted by Gasteiger charge is -2.26. The molecule has 0 aliphatic carbocycles. The Hall–Kier alpha value is -2.70. The average Bonchev–Trinajstić information content (AvgIpc) is 2.74. The normalized spacial score (nSPS) is 14.6. The first-order valence-electron chi connectivity index (χ1n) is 9.04. The Morgan fingerprint density at radius 3 is 2.07 bits per heavy atom. The van der Waals surface area contributed by atoms with Crippen molar-refractivity contribution < 1.29 is 19.1 Å². The van der Waals surface area contributed by atoms with Gasteiger partial charge in [-0.2, -0.15) is 0 Å². The fourth-order valence-electron chi connectivity index (χ4n) is 2.99. The minimum absolute atomic E-state index is 0.0733. The van der Waals surface area contributed by atoms with E-state index in [1.165, 1.54) is 7.11 Å². The Bertz CT molecular complexity index is 766. The van der Waals surface area contributed by atoms with E-state index in [4.69, 9.17) is 9.47 Å². The fourth-order valence-corrected chi connectivity index (χ4v) is 2.99. The molecule has 0 saturated carbocycles. The van der Waals surface area contributed by atoms with Crippen molar-refractivity contribution in [2.24, 2.45) is 0 Å². The molecule has 0 atom stereocenters. The zero-order valence-electron chi connectivity index (χ0n) is 15.4. The molecule has 0 bridgehead atoms. The summed E-state index contributed by atoms with van der Waals surface area (Å²) in [7, 11) is 1.36. The summed E-state index contributed by atoms with van der Waals surface area (Å²) in [5, 5.41) is 2.96. The van der Waals surface area contributed by atoms with E-state index in [-0.39, 0.29) is 11.9 Å². The van der Waals surface area contributed by atoms with Crippen LogP contribution in [0.5, 0.6) is 0 Å². The van der Waals surface area contributed by atoms with Gasteiger partial charge in [0.25, 0.3) is 5.91 Å². The molecule has 1 N–H and O–H groups in total. The maximum atomic E-state index is 12.3. The van der Waals surface area contributed by atoms with Crippen LogP contribution in [0, 0.1) is 0 Å². The van der Waals surface area contributed by atoms with Crippen LogP contribution in [0.15, 0.2) is 48.5 Å². The Morgan fingerprint density at radius 1 is 0.963 bits per heavy atom. The second-order valence-electron chi connectivity index (χ2n) is 6.36. The molecule has 1 saturated heterocycles. The molecule has 1 heterocycles. The second-order valence-corrected chi connectivity index (χ2v) is 6.36. The van der Waals surface area contributed by atoms with Crippen molar-refractivity contribution in [2.75, 3.05) is 46.5 Å². The van der Waals surface area contributed by atoms with Crippen molar-refractivity contribution in [2.45, 2.75) is 0 Å². The van der Waals surface area contributed by atoms with Gasteiger partial charge in [0.05, 0.1) is 25.9 Å². The lowest BCUT2D eigenvalue weighted by molar-refractivity contribution is 0.0383. The Labute approximate surface area is 159 Å². The lowest BCUT2D eigenvalue weighted by atomic mass is 10.0. The lowest BCUT2D eigenvalue weighted by Crippen LogP contribution is -2.41. The number of ether oxygens (including phenoxy) is 2. The highest BCUT2D eigenvalue weighted by Gasteiger charge is 2.11. The highest BCUT2D eigenvalue weighted by molar-refractivity contribution is 5.94. The zero-order valence-corrected chi connectivity index (χ0v) is 15.4. The van der Waals surface area contributed by atoms with E-state index in [0.29, 0.717) is 17.7 Å². The van der Waals surface area contributed by atoms with E-state index >= 15 is 0 Å². The number of nitrogens with one attached hydrogen (secondary N) is 1. The van der Waals surface area contributed by atoms with Crippen LogP contribution in [0.2, 0.25) is 0 Å². The highest BCUT2D eigenvalue weighted by atomic mass is 16.5. The number of nitrogens with zero attached hydrogens (tertiary/aromatic N) is 1. The zero-order chi connectivity index (χ0) is 19.1. The number of carbonyl (C=O) groups is 2. The average molecular weight is 368 g/mol. The molecule has 3 rings (SSSR count). The number of rotatable bonds is 6. The number of amides is 1. The SMILES string of the molecule is COC(=O)c1ccc(-c2ccc(C(=O)NCCN3CCOCC3)cc2)cc1. The van der Waals surface area contributed by atoms with Gasteiger partial charge in [0.15, 0.2) is 0 Å². The molecule has 142 valence electrons. The first-order chi connectivity index (χ1) is 13.2. The van der Waals surface area contributed by atoms with Crippen molar-refractivity contribution in [3.05, 3.63) is 59.7 Å². The van der Waals surface area contributed by atoms with Gasteiger partial charge in [0.1, 0.15) is 0 Å². The van der Waals surface area contributed by atoms with Gasteiger partial charge in [0, 0.05) is 31.7 Å². The third-order valence-corrected chi connectivity index (χ3v) is 4.60. The van der Waals surface area contributed by atoms with E-state index < -0.39 is 0 Å². The molecule has 2 aromatic carbocycles. The van der Waals surface area contributed by atoms with E-state index in [0.717, 1.165) is 44.0 Å². The first-order valence-corrected chi connectivity index (χ1v) is 9.04. The second kappa shape index (κ2) is 9.30. The van der Waals surface area contributed by atoms with Crippen LogP contribution in [-0.2, 0) is 9.47 Å². The molecule has 0 unspecified atom stereocenters. The molecular formula is C21H24N2O4. The largest absolute Gasteiger partial charge is 0.465 e. The predicted molar refractivity (Wildman–Crippen MR) is 103 cm³/mol. The van der Waals surface area contributed by atoms with Crippen molar-refractivity contribution in [1.82, 2.24) is 10.2 Å². The predicted octanol–water partition coefficient (Wildman–Crippen LogP) is 2.20. The molecule has 27 heavy (non-hydrogen) atoms. The summed E-state index contributed by atoms with van der Waals surface area (Å²) in [5.41, 5.74) is 3.10. The van der Waals surface area contributed by atoms with Gasteiger partial charge < -0.3 is 14.8 Å². The van der Waals surface area contributed by atoms with Crippen LogP contribution in [0.4, 0.5) is 0 Å². The number of hydrogen-bond acceptors (Lipinski definition) is 5. The molecule has 1 aliphatic rings. The number of benzene rings is 2. The van der Waals surface area contributed by atoms with E-state index in [1.54, 1.807) is 12.1 Å². The van der Waals surface area contributed by atoms with E-state index in [2.05, 4.69) is 10.2 Å². The smallest absolute Gasteiger partial charge is 0.337 e. The van der Waals surface area contributed by atoms with Crippen LogP contribution >= 0.6 is 0 Å². The van der Waals surface area contributed by atoms with Gasteiger partial charge in [-0.1, -0.05) is 24.3 Å². The fraction of sp³-hybridized carbons (Fsp3) is 0.333. The van der Waals surface area contributed by atoms with Gasteiger partial charge in [-0.3, -0.25) is 9.69 Å². The summed E-state index contributed by atoms with van der Waals surface area (Å²) in [5.74, 6) is -0.429. The molecule has 6 nitrogen and oxygen atoms in total. The third-order valence-electron chi connectivity index (χ3n) is 4.60.